The Kier molecular flexibility index (Phi) is 2.43. The van der Waals surface area contributed by atoms with Crippen LogP contribution in [0.2, 0.25) is 0 Å². The fourth-order valence-electron chi connectivity index (χ4n) is 1.47. The second kappa shape index (κ2) is 3.42. The largest absolute Gasteiger partial charge is 0.338 e. The molecule has 1 aliphatic rings. The standard InChI is InChI=1S/C9H10BrNOS/c1-6-2-11(3-6)9(12)7-4-13-5-8(7)10/h4-6H,2-3H2,1H3. The van der Waals surface area contributed by atoms with E-state index in [9.17, 15) is 4.79 Å². The number of amides is 1. The smallest absolute Gasteiger partial charge is 0.255 e. The molecule has 1 aromatic heterocycles. The molecule has 70 valence electrons. The first-order valence-corrected chi connectivity index (χ1v) is 5.93. The van der Waals surface area contributed by atoms with Crippen molar-refractivity contribution >= 4 is 33.2 Å². The lowest BCUT2D eigenvalue weighted by molar-refractivity contribution is 0.0530. The van der Waals surface area contributed by atoms with Crippen molar-refractivity contribution in [3.05, 3.63) is 20.8 Å². The molecule has 1 aromatic rings. The van der Waals surface area contributed by atoms with Gasteiger partial charge in [0.25, 0.3) is 5.91 Å². The predicted octanol–water partition coefficient (Wildman–Crippen LogP) is 2.60. The average molecular weight is 260 g/mol. The SMILES string of the molecule is CC1CN(C(=O)c2cscc2Br)C1. The van der Waals surface area contributed by atoms with E-state index in [2.05, 4.69) is 22.9 Å². The van der Waals surface area contributed by atoms with Crippen LogP contribution >= 0.6 is 27.3 Å². The second-order valence-corrected chi connectivity index (χ2v) is 5.05. The van der Waals surface area contributed by atoms with Crippen molar-refractivity contribution in [1.29, 1.82) is 0 Å². The van der Waals surface area contributed by atoms with Crippen molar-refractivity contribution in [2.24, 2.45) is 5.92 Å². The highest BCUT2D eigenvalue weighted by Gasteiger charge is 2.28. The Balaban J connectivity index is 2.10. The van der Waals surface area contributed by atoms with Crippen LogP contribution in [0.15, 0.2) is 15.2 Å². The maximum Gasteiger partial charge on any atom is 0.255 e. The van der Waals surface area contributed by atoms with Gasteiger partial charge in [0.05, 0.1) is 5.56 Å². The zero-order valence-corrected chi connectivity index (χ0v) is 9.69. The monoisotopic (exact) mass is 259 g/mol. The lowest BCUT2D eigenvalue weighted by Gasteiger charge is -2.37. The maximum atomic E-state index is 11.8. The first-order valence-electron chi connectivity index (χ1n) is 4.19. The molecule has 0 unspecified atom stereocenters. The minimum Gasteiger partial charge on any atom is -0.338 e. The van der Waals surface area contributed by atoms with Crippen LogP contribution in [0.4, 0.5) is 0 Å². The van der Waals surface area contributed by atoms with E-state index < -0.39 is 0 Å². The lowest BCUT2D eigenvalue weighted by atomic mass is 10.0. The zero-order valence-electron chi connectivity index (χ0n) is 7.29. The van der Waals surface area contributed by atoms with Gasteiger partial charge in [-0.1, -0.05) is 6.92 Å². The van der Waals surface area contributed by atoms with Crippen LogP contribution in [0.1, 0.15) is 17.3 Å². The summed E-state index contributed by atoms with van der Waals surface area (Å²) in [6.07, 6.45) is 0. The van der Waals surface area contributed by atoms with Gasteiger partial charge < -0.3 is 4.90 Å². The molecule has 0 aliphatic carbocycles. The summed E-state index contributed by atoms with van der Waals surface area (Å²) < 4.78 is 0.919. The van der Waals surface area contributed by atoms with Crippen molar-refractivity contribution in [1.82, 2.24) is 4.90 Å². The minimum absolute atomic E-state index is 0.159. The van der Waals surface area contributed by atoms with Gasteiger partial charge in [-0.15, -0.1) is 0 Å². The molecule has 0 atom stereocenters. The number of halogens is 1. The molecule has 1 amide bonds. The molecule has 4 heteroatoms. The van der Waals surface area contributed by atoms with Crippen molar-refractivity contribution < 1.29 is 4.79 Å². The van der Waals surface area contributed by atoms with E-state index in [0.29, 0.717) is 5.92 Å². The number of likely N-dealkylation sites (tertiary alicyclic amines) is 1. The molecule has 1 aliphatic heterocycles. The predicted molar refractivity (Wildman–Crippen MR) is 57.1 cm³/mol. The van der Waals surface area contributed by atoms with Gasteiger partial charge in [-0.2, -0.15) is 11.3 Å². The number of nitrogens with zero attached hydrogens (tertiary/aromatic N) is 1. The number of carbonyl (C=O) groups is 1. The van der Waals surface area contributed by atoms with Crippen LogP contribution in [0.3, 0.4) is 0 Å². The van der Waals surface area contributed by atoms with Crippen LogP contribution < -0.4 is 0 Å². The molecule has 0 spiro atoms. The Labute approximate surface area is 89.7 Å². The van der Waals surface area contributed by atoms with E-state index in [1.807, 2.05) is 15.7 Å². The van der Waals surface area contributed by atoms with Gasteiger partial charge >= 0.3 is 0 Å². The fraction of sp³-hybridized carbons (Fsp3) is 0.444. The van der Waals surface area contributed by atoms with E-state index in [0.717, 1.165) is 23.1 Å². The van der Waals surface area contributed by atoms with Gasteiger partial charge in [0.15, 0.2) is 0 Å². The van der Waals surface area contributed by atoms with Crippen LogP contribution in [0.25, 0.3) is 0 Å². The van der Waals surface area contributed by atoms with Crippen LogP contribution in [0, 0.1) is 5.92 Å². The fourth-order valence-corrected chi connectivity index (χ4v) is 2.91. The number of rotatable bonds is 1. The summed E-state index contributed by atoms with van der Waals surface area (Å²) in [6.45, 7) is 3.97. The molecule has 2 heterocycles. The maximum absolute atomic E-state index is 11.8. The van der Waals surface area contributed by atoms with Crippen molar-refractivity contribution in [3.63, 3.8) is 0 Å². The van der Waals surface area contributed by atoms with Gasteiger partial charge in [-0.25, -0.2) is 0 Å². The van der Waals surface area contributed by atoms with Crippen molar-refractivity contribution in [2.45, 2.75) is 6.92 Å². The van der Waals surface area contributed by atoms with Crippen LogP contribution in [0.5, 0.6) is 0 Å². The lowest BCUT2D eigenvalue weighted by Crippen LogP contribution is -2.48. The molecule has 2 rings (SSSR count). The Morgan fingerprint density at radius 1 is 1.62 bits per heavy atom. The Bertz CT molecular complexity index is 330. The van der Waals surface area contributed by atoms with Gasteiger partial charge in [0.2, 0.25) is 0 Å². The molecule has 0 N–H and O–H groups in total. The van der Waals surface area contributed by atoms with Gasteiger partial charge in [-0.3, -0.25) is 4.79 Å². The zero-order chi connectivity index (χ0) is 9.42. The summed E-state index contributed by atoms with van der Waals surface area (Å²) in [4.78, 5) is 13.6. The van der Waals surface area contributed by atoms with Crippen molar-refractivity contribution in [2.75, 3.05) is 13.1 Å². The molecule has 0 bridgehead atoms. The highest BCUT2D eigenvalue weighted by molar-refractivity contribution is 9.10. The molecule has 0 aromatic carbocycles. The van der Waals surface area contributed by atoms with Gasteiger partial charge in [0.1, 0.15) is 0 Å². The summed E-state index contributed by atoms with van der Waals surface area (Å²) >= 11 is 4.92. The normalized spacial score (nSPS) is 17.2. The molecule has 1 saturated heterocycles. The highest BCUT2D eigenvalue weighted by atomic mass is 79.9. The van der Waals surface area contributed by atoms with E-state index in [-0.39, 0.29) is 5.91 Å². The molecule has 1 fully saturated rings. The second-order valence-electron chi connectivity index (χ2n) is 3.45. The summed E-state index contributed by atoms with van der Waals surface area (Å²) in [6, 6.07) is 0. The van der Waals surface area contributed by atoms with Gasteiger partial charge in [0, 0.05) is 28.3 Å². The molecule has 0 saturated carbocycles. The summed E-state index contributed by atoms with van der Waals surface area (Å²) in [5, 5.41) is 3.84. The first-order chi connectivity index (χ1) is 6.18. The summed E-state index contributed by atoms with van der Waals surface area (Å²) in [7, 11) is 0. The first kappa shape index (κ1) is 9.21. The Hall–Kier alpha value is -0.350. The third kappa shape index (κ3) is 1.65. The topological polar surface area (TPSA) is 20.3 Å². The Morgan fingerprint density at radius 3 is 2.77 bits per heavy atom. The number of carbonyl (C=O) groups excluding carboxylic acids is 1. The Morgan fingerprint density at radius 2 is 2.31 bits per heavy atom. The molecular weight excluding hydrogens is 250 g/mol. The van der Waals surface area contributed by atoms with Gasteiger partial charge in [-0.05, 0) is 21.8 Å². The third-order valence-corrected chi connectivity index (χ3v) is 3.90. The average Bonchev–Trinajstić information content (AvgIpc) is 2.44. The molecule has 2 nitrogen and oxygen atoms in total. The van der Waals surface area contributed by atoms with E-state index in [1.165, 1.54) is 0 Å². The van der Waals surface area contributed by atoms with E-state index >= 15 is 0 Å². The summed E-state index contributed by atoms with van der Waals surface area (Å²) in [5.41, 5.74) is 0.803. The third-order valence-electron chi connectivity index (χ3n) is 2.20. The van der Waals surface area contributed by atoms with Crippen LogP contribution in [-0.2, 0) is 0 Å². The van der Waals surface area contributed by atoms with E-state index in [4.69, 9.17) is 0 Å². The van der Waals surface area contributed by atoms with E-state index in [1.54, 1.807) is 11.3 Å². The minimum atomic E-state index is 0.159. The van der Waals surface area contributed by atoms with Crippen molar-refractivity contribution in [3.8, 4) is 0 Å². The summed E-state index contributed by atoms with van der Waals surface area (Å²) in [5.74, 6) is 0.826. The number of hydrogen-bond donors (Lipinski definition) is 0. The molecular formula is C9H10BrNOS. The number of thiophene rings is 1. The quantitative estimate of drug-likeness (QED) is 0.760. The van der Waals surface area contributed by atoms with Crippen LogP contribution in [-0.4, -0.2) is 23.9 Å². The number of hydrogen-bond acceptors (Lipinski definition) is 2. The highest BCUT2D eigenvalue weighted by Crippen LogP contribution is 2.25. The molecule has 13 heavy (non-hydrogen) atoms. The molecule has 0 radical (unpaired) electrons.